The van der Waals surface area contributed by atoms with Gasteiger partial charge in [-0.25, -0.2) is 4.79 Å². The molecule has 1 atom stereocenters. The Balaban J connectivity index is 1.84. The quantitative estimate of drug-likeness (QED) is 0.788. The van der Waals surface area contributed by atoms with Crippen LogP contribution in [0.2, 0.25) is 0 Å². The van der Waals surface area contributed by atoms with Gasteiger partial charge in [-0.05, 0) is 42.7 Å². The molecule has 0 spiro atoms. The van der Waals surface area contributed by atoms with Crippen LogP contribution in [0.25, 0.3) is 0 Å². The lowest BCUT2D eigenvalue weighted by atomic mass is 9.95. The van der Waals surface area contributed by atoms with Crippen LogP contribution in [0.15, 0.2) is 54.6 Å². The minimum absolute atomic E-state index is 0.229. The molecule has 4 nitrogen and oxygen atoms in total. The van der Waals surface area contributed by atoms with Crippen molar-refractivity contribution >= 4 is 5.97 Å². The molecule has 0 aliphatic rings. The van der Waals surface area contributed by atoms with Crippen LogP contribution in [-0.4, -0.2) is 17.7 Å². The first-order chi connectivity index (χ1) is 10.7. The molecule has 0 aromatic heterocycles. The fourth-order valence-corrected chi connectivity index (χ4v) is 2.16. The van der Waals surface area contributed by atoms with E-state index in [2.05, 4.69) is 6.07 Å². The van der Waals surface area contributed by atoms with E-state index in [0.717, 1.165) is 17.7 Å². The maximum atomic E-state index is 10.8. The number of benzene rings is 2. The Morgan fingerprint density at radius 1 is 1.14 bits per heavy atom. The minimum atomic E-state index is -0.962. The lowest BCUT2D eigenvalue weighted by Gasteiger charge is -2.10. The molecule has 0 saturated heterocycles. The fourth-order valence-electron chi connectivity index (χ4n) is 2.16. The van der Waals surface area contributed by atoms with E-state index in [1.54, 1.807) is 12.1 Å². The number of hydrogen-bond acceptors (Lipinski definition) is 3. The second-order valence-corrected chi connectivity index (χ2v) is 4.91. The van der Waals surface area contributed by atoms with Gasteiger partial charge in [0, 0.05) is 0 Å². The number of carboxylic acid groups (broad SMARTS) is 1. The van der Waals surface area contributed by atoms with Crippen molar-refractivity contribution in [2.75, 3.05) is 6.61 Å². The maximum Gasteiger partial charge on any atom is 0.335 e. The van der Waals surface area contributed by atoms with Gasteiger partial charge in [0.15, 0.2) is 0 Å². The molecule has 0 amide bonds. The zero-order valence-corrected chi connectivity index (χ0v) is 12.1. The standard InChI is InChI=1S/C18H17NO3/c19-13-16(14-8-10-15(11-9-14)18(20)21)5-4-12-22-17-6-2-1-3-7-17/h1-3,6-11,16H,4-5,12H2,(H,20,21). The van der Waals surface area contributed by atoms with Gasteiger partial charge in [0.05, 0.1) is 24.2 Å². The second-order valence-electron chi connectivity index (χ2n) is 4.91. The van der Waals surface area contributed by atoms with Crippen molar-refractivity contribution < 1.29 is 14.6 Å². The predicted octanol–water partition coefficient (Wildman–Crippen LogP) is 3.85. The summed E-state index contributed by atoms with van der Waals surface area (Å²) in [4.78, 5) is 10.8. The van der Waals surface area contributed by atoms with Crippen molar-refractivity contribution in [2.45, 2.75) is 18.8 Å². The Kier molecular flexibility index (Phi) is 5.56. The van der Waals surface area contributed by atoms with Crippen LogP contribution in [0.3, 0.4) is 0 Å². The second kappa shape index (κ2) is 7.84. The van der Waals surface area contributed by atoms with Crippen LogP contribution in [-0.2, 0) is 0 Å². The highest BCUT2D eigenvalue weighted by Crippen LogP contribution is 2.21. The Labute approximate surface area is 129 Å². The maximum absolute atomic E-state index is 10.8. The van der Waals surface area contributed by atoms with Crippen LogP contribution < -0.4 is 4.74 Å². The largest absolute Gasteiger partial charge is 0.494 e. The SMILES string of the molecule is N#CC(CCCOc1ccccc1)c1ccc(C(=O)O)cc1. The van der Waals surface area contributed by atoms with E-state index in [9.17, 15) is 10.1 Å². The molecule has 22 heavy (non-hydrogen) atoms. The normalized spacial score (nSPS) is 11.4. The molecule has 0 aliphatic heterocycles. The number of rotatable bonds is 7. The molecule has 0 saturated carbocycles. The molecule has 0 heterocycles. The van der Waals surface area contributed by atoms with E-state index < -0.39 is 5.97 Å². The Morgan fingerprint density at radius 3 is 2.41 bits per heavy atom. The average molecular weight is 295 g/mol. The first-order valence-corrected chi connectivity index (χ1v) is 7.11. The molecule has 0 fully saturated rings. The zero-order chi connectivity index (χ0) is 15.8. The van der Waals surface area contributed by atoms with Gasteiger partial charge in [0.1, 0.15) is 5.75 Å². The van der Waals surface area contributed by atoms with Gasteiger partial charge in [-0.15, -0.1) is 0 Å². The summed E-state index contributed by atoms with van der Waals surface area (Å²) < 4.78 is 5.60. The molecule has 4 heteroatoms. The average Bonchev–Trinajstić information content (AvgIpc) is 2.56. The van der Waals surface area contributed by atoms with Crippen molar-refractivity contribution in [2.24, 2.45) is 0 Å². The third kappa shape index (κ3) is 4.35. The molecule has 112 valence electrons. The van der Waals surface area contributed by atoms with E-state index in [1.165, 1.54) is 12.1 Å². The highest BCUT2D eigenvalue weighted by Gasteiger charge is 2.11. The summed E-state index contributed by atoms with van der Waals surface area (Å²) in [6, 6.07) is 18.3. The van der Waals surface area contributed by atoms with Gasteiger partial charge >= 0.3 is 5.97 Å². The molecule has 0 bridgehead atoms. The summed E-state index contributed by atoms with van der Waals surface area (Å²) >= 11 is 0. The Bertz CT molecular complexity index is 644. The number of aromatic carboxylic acids is 1. The van der Waals surface area contributed by atoms with Crippen LogP contribution in [0.4, 0.5) is 0 Å². The first-order valence-electron chi connectivity index (χ1n) is 7.11. The Morgan fingerprint density at radius 2 is 1.82 bits per heavy atom. The number of ether oxygens (including phenoxy) is 1. The summed E-state index contributed by atoms with van der Waals surface area (Å²) in [6.07, 6.45) is 1.43. The topological polar surface area (TPSA) is 70.3 Å². The number of nitrogens with zero attached hydrogens (tertiary/aromatic N) is 1. The third-order valence-corrected chi connectivity index (χ3v) is 3.36. The highest BCUT2D eigenvalue weighted by molar-refractivity contribution is 5.87. The predicted molar refractivity (Wildman–Crippen MR) is 82.9 cm³/mol. The van der Waals surface area contributed by atoms with Crippen molar-refractivity contribution in [1.29, 1.82) is 5.26 Å². The summed E-state index contributed by atoms with van der Waals surface area (Å²) in [5.41, 5.74) is 1.07. The number of carboxylic acids is 1. The molecular weight excluding hydrogens is 278 g/mol. The van der Waals surface area contributed by atoms with Gasteiger partial charge < -0.3 is 9.84 Å². The van der Waals surface area contributed by atoms with Crippen molar-refractivity contribution in [1.82, 2.24) is 0 Å². The first kappa shape index (κ1) is 15.6. The molecule has 2 aromatic rings. The van der Waals surface area contributed by atoms with E-state index in [0.29, 0.717) is 13.0 Å². The van der Waals surface area contributed by atoms with Crippen LogP contribution in [0.5, 0.6) is 5.75 Å². The number of nitriles is 1. The molecule has 0 aliphatic carbocycles. The lowest BCUT2D eigenvalue weighted by Crippen LogP contribution is -2.03. The smallest absolute Gasteiger partial charge is 0.335 e. The number of carbonyl (C=O) groups is 1. The van der Waals surface area contributed by atoms with Crippen LogP contribution in [0, 0.1) is 11.3 Å². The summed E-state index contributed by atoms with van der Waals surface area (Å²) in [5.74, 6) is -0.389. The van der Waals surface area contributed by atoms with Gasteiger partial charge in [0.2, 0.25) is 0 Å². The van der Waals surface area contributed by atoms with Crippen LogP contribution >= 0.6 is 0 Å². The molecule has 2 rings (SSSR count). The minimum Gasteiger partial charge on any atom is -0.494 e. The van der Waals surface area contributed by atoms with Crippen molar-refractivity contribution in [3.05, 3.63) is 65.7 Å². The third-order valence-electron chi connectivity index (χ3n) is 3.36. The lowest BCUT2D eigenvalue weighted by molar-refractivity contribution is 0.0697. The van der Waals surface area contributed by atoms with Gasteiger partial charge in [0.25, 0.3) is 0 Å². The van der Waals surface area contributed by atoms with Gasteiger partial charge in [-0.2, -0.15) is 5.26 Å². The summed E-state index contributed by atoms with van der Waals surface area (Å²) in [7, 11) is 0. The molecule has 1 unspecified atom stereocenters. The summed E-state index contributed by atoms with van der Waals surface area (Å²) in [5, 5.41) is 18.1. The highest BCUT2D eigenvalue weighted by atomic mass is 16.5. The fraction of sp³-hybridized carbons (Fsp3) is 0.222. The van der Waals surface area contributed by atoms with E-state index in [4.69, 9.17) is 9.84 Å². The molecule has 2 aromatic carbocycles. The van der Waals surface area contributed by atoms with Gasteiger partial charge in [-0.3, -0.25) is 0 Å². The number of para-hydroxylation sites is 1. The molecular formula is C18H17NO3. The van der Waals surface area contributed by atoms with Crippen LogP contribution in [0.1, 0.15) is 34.7 Å². The molecule has 1 N–H and O–H groups in total. The van der Waals surface area contributed by atoms with Crippen molar-refractivity contribution in [3.8, 4) is 11.8 Å². The van der Waals surface area contributed by atoms with Gasteiger partial charge in [-0.1, -0.05) is 30.3 Å². The van der Waals surface area contributed by atoms with E-state index in [1.807, 2.05) is 30.3 Å². The zero-order valence-electron chi connectivity index (χ0n) is 12.1. The van der Waals surface area contributed by atoms with Crippen molar-refractivity contribution in [3.63, 3.8) is 0 Å². The monoisotopic (exact) mass is 295 g/mol. The number of hydrogen-bond donors (Lipinski definition) is 1. The summed E-state index contributed by atoms with van der Waals surface area (Å²) in [6.45, 7) is 0.551. The van der Waals surface area contributed by atoms with E-state index in [-0.39, 0.29) is 11.5 Å². The molecule has 0 radical (unpaired) electrons. The Hall–Kier alpha value is -2.80. The van der Waals surface area contributed by atoms with E-state index >= 15 is 0 Å².